The number of amides is 2. The van der Waals surface area contributed by atoms with E-state index in [9.17, 15) is 14.7 Å². The molecule has 0 radical (unpaired) electrons. The molecule has 0 aliphatic carbocycles. The summed E-state index contributed by atoms with van der Waals surface area (Å²) < 4.78 is 7.63. The van der Waals surface area contributed by atoms with Gasteiger partial charge in [0, 0.05) is 36.8 Å². The van der Waals surface area contributed by atoms with E-state index in [1.54, 1.807) is 47.5 Å². The average molecular weight is 398 g/mol. The highest BCUT2D eigenvalue weighted by molar-refractivity contribution is 6.04. The van der Waals surface area contributed by atoms with E-state index in [4.69, 9.17) is 4.74 Å². The first-order chi connectivity index (χ1) is 14.0. The molecule has 1 aromatic heterocycles. The van der Waals surface area contributed by atoms with Crippen LogP contribution in [0.15, 0.2) is 48.8 Å². The van der Waals surface area contributed by atoms with E-state index in [0.29, 0.717) is 29.9 Å². The molecule has 29 heavy (non-hydrogen) atoms. The van der Waals surface area contributed by atoms with Crippen LogP contribution in [-0.2, 0) is 4.74 Å². The minimum atomic E-state index is -0.237. The standard InChI is InChI=1S/C22H27N3O4/c1-3-24(4-2)22(28)16-7-9-18(10-8-16)23-21(27)17-6-5-13-25(14-17)20-12-11-19(15-26)29-20/h5-10,13-14,19-20,26H,3-4,11-12,15H2,1-2H3/p+1. The minimum absolute atomic E-state index is 0.00398. The molecular formula is C22H28N3O4+. The van der Waals surface area contributed by atoms with Gasteiger partial charge in [-0.25, -0.2) is 0 Å². The number of pyridine rings is 1. The van der Waals surface area contributed by atoms with E-state index in [-0.39, 0.29) is 30.8 Å². The van der Waals surface area contributed by atoms with Gasteiger partial charge in [0.05, 0.1) is 12.7 Å². The Morgan fingerprint density at radius 3 is 2.48 bits per heavy atom. The molecule has 7 nitrogen and oxygen atoms in total. The third kappa shape index (κ3) is 4.99. The number of hydrogen-bond acceptors (Lipinski definition) is 4. The van der Waals surface area contributed by atoms with Crippen LogP contribution in [-0.4, -0.2) is 47.6 Å². The van der Waals surface area contributed by atoms with Crippen LogP contribution in [0.3, 0.4) is 0 Å². The first-order valence-electron chi connectivity index (χ1n) is 10.0. The van der Waals surface area contributed by atoms with Crippen molar-refractivity contribution in [2.45, 2.75) is 39.0 Å². The van der Waals surface area contributed by atoms with E-state index in [0.717, 1.165) is 12.8 Å². The molecule has 1 aromatic carbocycles. The molecule has 1 fully saturated rings. The second-order valence-corrected chi connectivity index (χ2v) is 7.02. The Balaban J connectivity index is 1.66. The molecule has 0 bridgehead atoms. The number of hydrogen-bond donors (Lipinski definition) is 2. The SMILES string of the molecule is CCN(CC)C(=O)c1ccc(NC(=O)c2ccc[n+](C3CCC(CO)O3)c2)cc1. The smallest absolute Gasteiger partial charge is 0.262 e. The third-order valence-corrected chi connectivity index (χ3v) is 5.15. The largest absolute Gasteiger partial charge is 0.394 e. The van der Waals surface area contributed by atoms with Gasteiger partial charge in [0.2, 0.25) is 0 Å². The normalized spacial score (nSPS) is 18.4. The van der Waals surface area contributed by atoms with E-state index >= 15 is 0 Å². The number of carbonyl (C=O) groups excluding carboxylic acids is 2. The zero-order valence-electron chi connectivity index (χ0n) is 16.9. The molecule has 2 amide bonds. The van der Waals surface area contributed by atoms with Crippen LogP contribution < -0.4 is 9.88 Å². The van der Waals surface area contributed by atoms with Gasteiger partial charge in [0.25, 0.3) is 18.0 Å². The molecule has 2 atom stereocenters. The Labute approximate surface area is 170 Å². The van der Waals surface area contributed by atoms with Gasteiger partial charge in [-0.2, -0.15) is 4.57 Å². The van der Waals surface area contributed by atoms with Crippen molar-refractivity contribution in [3.8, 4) is 0 Å². The molecule has 2 aromatic rings. The van der Waals surface area contributed by atoms with E-state index in [1.807, 2.05) is 24.6 Å². The number of rotatable bonds is 7. The lowest BCUT2D eigenvalue weighted by Crippen LogP contribution is -2.40. The van der Waals surface area contributed by atoms with Crippen molar-refractivity contribution in [1.29, 1.82) is 0 Å². The molecule has 154 valence electrons. The van der Waals surface area contributed by atoms with Crippen molar-refractivity contribution in [3.05, 3.63) is 59.9 Å². The highest BCUT2D eigenvalue weighted by Gasteiger charge is 2.31. The second kappa shape index (κ2) is 9.62. The fourth-order valence-electron chi connectivity index (χ4n) is 3.44. The fraction of sp³-hybridized carbons (Fsp3) is 0.409. The van der Waals surface area contributed by atoms with Crippen molar-refractivity contribution < 1.29 is 24.0 Å². The Morgan fingerprint density at radius 1 is 1.14 bits per heavy atom. The quantitative estimate of drug-likeness (QED) is 0.702. The van der Waals surface area contributed by atoms with Crippen molar-refractivity contribution >= 4 is 17.5 Å². The average Bonchev–Trinajstić information content (AvgIpc) is 3.24. The summed E-state index contributed by atoms with van der Waals surface area (Å²) >= 11 is 0. The third-order valence-electron chi connectivity index (χ3n) is 5.15. The van der Waals surface area contributed by atoms with Gasteiger partial charge < -0.3 is 20.1 Å². The minimum Gasteiger partial charge on any atom is -0.394 e. The maximum atomic E-state index is 12.6. The van der Waals surface area contributed by atoms with Gasteiger partial charge >= 0.3 is 0 Å². The zero-order chi connectivity index (χ0) is 20.8. The van der Waals surface area contributed by atoms with E-state index in [1.165, 1.54) is 0 Å². The monoisotopic (exact) mass is 398 g/mol. The molecule has 2 heterocycles. The lowest BCUT2D eigenvalue weighted by molar-refractivity contribution is -0.759. The number of anilines is 1. The van der Waals surface area contributed by atoms with Crippen LogP contribution in [0.25, 0.3) is 0 Å². The van der Waals surface area contributed by atoms with Gasteiger partial charge in [-0.05, 0) is 50.6 Å². The van der Waals surface area contributed by atoms with Gasteiger partial charge in [0.1, 0.15) is 5.56 Å². The summed E-state index contributed by atoms with van der Waals surface area (Å²) in [5.74, 6) is -0.256. The zero-order valence-corrected chi connectivity index (χ0v) is 16.9. The Kier molecular flexibility index (Phi) is 6.95. The number of carbonyl (C=O) groups is 2. The van der Waals surface area contributed by atoms with E-state index in [2.05, 4.69) is 5.32 Å². The molecule has 0 saturated carbocycles. The highest BCUT2D eigenvalue weighted by Crippen LogP contribution is 2.23. The summed E-state index contributed by atoms with van der Waals surface area (Å²) in [7, 11) is 0. The summed E-state index contributed by atoms with van der Waals surface area (Å²) in [4.78, 5) is 26.8. The lowest BCUT2D eigenvalue weighted by Gasteiger charge is -2.18. The van der Waals surface area contributed by atoms with Gasteiger partial charge in [-0.15, -0.1) is 0 Å². The predicted octanol–water partition coefficient (Wildman–Crippen LogP) is 2.38. The van der Waals surface area contributed by atoms with Crippen molar-refractivity contribution in [2.75, 3.05) is 25.0 Å². The Bertz CT molecular complexity index is 849. The number of benzene rings is 1. The number of aliphatic hydroxyl groups excluding tert-OH is 1. The van der Waals surface area contributed by atoms with Crippen LogP contribution in [0.5, 0.6) is 0 Å². The van der Waals surface area contributed by atoms with Gasteiger partial charge in [-0.1, -0.05) is 0 Å². The molecule has 2 unspecified atom stereocenters. The Hall–Kier alpha value is -2.77. The van der Waals surface area contributed by atoms with Crippen LogP contribution in [0.1, 0.15) is 53.6 Å². The molecule has 0 spiro atoms. The molecule has 3 rings (SSSR count). The van der Waals surface area contributed by atoms with Crippen molar-refractivity contribution in [2.24, 2.45) is 0 Å². The molecule has 1 aliphatic rings. The topological polar surface area (TPSA) is 82.8 Å². The Morgan fingerprint density at radius 2 is 1.86 bits per heavy atom. The highest BCUT2D eigenvalue weighted by atomic mass is 16.5. The first kappa shape index (κ1) is 21.0. The maximum absolute atomic E-state index is 12.6. The number of aromatic nitrogens is 1. The molecule has 1 saturated heterocycles. The summed E-state index contributed by atoms with van der Waals surface area (Å²) in [5, 5.41) is 12.1. The maximum Gasteiger partial charge on any atom is 0.262 e. The number of nitrogens with zero attached hydrogens (tertiary/aromatic N) is 2. The van der Waals surface area contributed by atoms with Crippen LogP contribution in [0, 0.1) is 0 Å². The fourth-order valence-corrected chi connectivity index (χ4v) is 3.44. The summed E-state index contributed by atoms with van der Waals surface area (Å²) in [6, 6.07) is 10.5. The van der Waals surface area contributed by atoms with Gasteiger partial charge in [0.15, 0.2) is 12.4 Å². The van der Waals surface area contributed by atoms with Crippen molar-refractivity contribution in [1.82, 2.24) is 4.90 Å². The molecule has 2 N–H and O–H groups in total. The number of nitrogens with one attached hydrogen (secondary N) is 1. The molecule has 7 heteroatoms. The number of ether oxygens (including phenoxy) is 1. The summed E-state index contributed by atoms with van der Waals surface area (Å²) in [6.45, 7) is 5.21. The number of aliphatic hydroxyl groups is 1. The van der Waals surface area contributed by atoms with Crippen LogP contribution in [0.2, 0.25) is 0 Å². The van der Waals surface area contributed by atoms with Crippen LogP contribution in [0.4, 0.5) is 5.69 Å². The van der Waals surface area contributed by atoms with Crippen LogP contribution >= 0.6 is 0 Å². The first-order valence-corrected chi connectivity index (χ1v) is 10.0. The predicted molar refractivity (Wildman–Crippen MR) is 109 cm³/mol. The van der Waals surface area contributed by atoms with Crippen molar-refractivity contribution in [3.63, 3.8) is 0 Å². The van der Waals surface area contributed by atoms with Gasteiger partial charge in [-0.3, -0.25) is 9.59 Å². The lowest BCUT2D eigenvalue weighted by atomic mass is 10.1. The van der Waals surface area contributed by atoms with E-state index < -0.39 is 0 Å². The molecule has 1 aliphatic heterocycles. The second-order valence-electron chi connectivity index (χ2n) is 7.02. The summed E-state index contributed by atoms with van der Waals surface area (Å²) in [6.07, 6.45) is 4.87. The summed E-state index contributed by atoms with van der Waals surface area (Å²) in [5.41, 5.74) is 1.73. The molecular weight excluding hydrogens is 370 g/mol.